The zero-order valence-electron chi connectivity index (χ0n) is 10.8. The fourth-order valence-corrected chi connectivity index (χ4v) is 2.60. The van der Waals surface area contributed by atoms with Gasteiger partial charge in [0.1, 0.15) is 0 Å². The predicted molar refractivity (Wildman–Crippen MR) is 66.6 cm³/mol. The number of rotatable bonds is 5. The molecule has 2 saturated heterocycles. The van der Waals surface area contributed by atoms with Gasteiger partial charge in [-0.15, -0.1) is 0 Å². The van der Waals surface area contributed by atoms with Gasteiger partial charge >= 0.3 is 0 Å². The van der Waals surface area contributed by atoms with Gasteiger partial charge in [0.25, 0.3) is 0 Å². The van der Waals surface area contributed by atoms with Crippen molar-refractivity contribution in [2.24, 2.45) is 11.3 Å². The normalized spacial score (nSPS) is 26.6. The third kappa shape index (κ3) is 3.44. The number of likely N-dealkylation sites (tertiary alicyclic amines) is 1. The average molecular weight is 226 g/mol. The first-order chi connectivity index (χ1) is 7.68. The molecule has 0 aliphatic carbocycles. The Kier molecular flexibility index (Phi) is 4.22. The summed E-state index contributed by atoms with van der Waals surface area (Å²) in [6.45, 7) is 9.07. The SMILES string of the molecule is CN1CCC(CCNCC2(C)COC2)CC1. The Hall–Kier alpha value is -0.120. The molecule has 0 aromatic carbocycles. The minimum atomic E-state index is 0.423. The monoisotopic (exact) mass is 226 g/mol. The summed E-state index contributed by atoms with van der Waals surface area (Å²) in [5.41, 5.74) is 0.423. The van der Waals surface area contributed by atoms with E-state index in [-0.39, 0.29) is 0 Å². The molecule has 0 aromatic heterocycles. The van der Waals surface area contributed by atoms with Gasteiger partial charge < -0.3 is 15.0 Å². The van der Waals surface area contributed by atoms with Gasteiger partial charge in [-0.05, 0) is 51.9 Å². The molecule has 0 saturated carbocycles. The zero-order chi connectivity index (χ0) is 11.4. The lowest BCUT2D eigenvalue weighted by Crippen LogP contribution is -2.47. The summed E-state index contributed by atoms with van der Waals surface area (Å²) in [6.07, 6.45) is 4.13. The van der Waals surface area contributed by atoms with Crippen LogP contribution in [0.4, 0.5) is 0 Å². The molecule has 16 heavy (non-hydrogen) atoms. The van der Waals surface area contributed by atoms with Crippen LogP contribution in [0.25, 0.3) is 0 Å². The summed E-state index contributed by atoms with van der Waals surface area (Å²) < 4.78 is 5.25. The third-order valence-electron chi connectivity index (χ3n) is 4.02. The standard InChI is InChI=1S/C13H26N2O/c1-13(10-16-11-13)9-14-6-3-12-4-7-15(2)8-5-12/h12,14H,3-11H2,1-2H3. The first-order valence-electron chi connectivity index (χ1n) is 6.65. The lowest BCUT2D eigenvalue weighted by Gasteiger charge is -2.38. The van der Waals surface area contributed by atoms with Gasteiger partial charge in [-0.1, -0.05) is 6.92 Å². The van der Waals surface area contributed by atoms with Crippen LogP contribution in [0.15, 0.2) is 0 Å². The molecule has 0 atom stereocenters. The van der Waals surface area contributed by atoms with E-state index in [1.807, 2.05) is 0 Å². The van der Waals surface area contributed by atoms with E-state index in [2.05, 4.69) is 24.2 Å². The topological polar surface area (TPSA) is 24.5 Å². The maximum absolute atomic E-state index is 5.25. The van der Waals surface area contributed by atoms with E-state index in [4.69, 9.17) is 4.74 Å². The number of nitrogens with zero attached hydrogens (tertiary/aromatic N) is 1. The largest absolute Gasteiger partial charge is 0.380 e. The van der Waals surface area contributed by atoms with Crippen molar-refractivity contribution in [3.05, 3.63) is 0 Å². The van der Waals surface area contributed by atoms with Gasteiger partial charge in [0.15, 0.2) is 0 Å². The van der Waals surface area contributed by atoms with Crippen LogP contribution in [0.5, 0.6) is 0 Å². The molecule has 3 heteroatoms. The van der Waals surface area contributed by atoms with Gasteiger partial charge in [0.05, 0.1) is 13.2 Å². The van der Waals surface area contributed by atoms with E-state index in [1.165, 1.54) is 38.9 Å². The summed E-state index contributed by atoms with van der Waals surface area (Å²) in [7, 11) is 2.23. The first kappa shape index (κ1) is 12.3. The van der Waals surface area contributed by atoms with Crippen LogP contribution in [0.3, 0.4) is 0 Å². The number of nitrogens with one attached hydrogen (secondary N) is 1. The second kappa shape index (κ2) is 5.48. The van der Waals surface area contributed by atoms with Crippen molar-refractivity contribution in [2.45, 2.75) is 26.2 Å². The van der Waals surface area contributed by atoms with Crippen molar-refractivity contribution in [1.82, 2.24) is 10.2 Å². The maximum atomic E-state index is 5.25. The molecule has 2 aliphatic heterocycles. The Morgan fingerprint density at radius 1 is 1.31 bits per heavy atom. The summed E-state index contributed by atoms with van der Waals surface area (Å²) >= 11 is 0. The highest BCUT2D eigenvalue weighted by molar-refractivity contribution is 4.83. The number of ether oxygens (including phenoxy) is 1. The molecule has 2 aliphatic rings. The highest BCUT2D eigenvalue weighted by Gasteiger charge is 2.32. The fraction of sp³-hybridized carbons (Fsp3) is 1.00. The average Bonchev–Trinajstić information content (AvgIpc) is 2.24. The molecule has 0 amide bonds. The van der Waals surface area contributed by atoms with E-state index in [0.29, 0.717) is 5.41 Å². The zero-order valence-corrected chi connectivity index (χ0v) is 10.8. The van der Waals surface area contributed by atoms with Gasteiger partial charge in [0, 0.05) is 12.0 Å². The summed E-state index contributed by atoms with van der Waals surface area (Å²) in [5, 5.41) is 3.59. The van der Waals surface area contributed by atoms with Crippen molar-refractivity contribution in [2.75, 3.05) is 46.4 Å². The molecule has 0 aromatic rings. The number of hydrogen-bond acceptors (Lipinski definition) is 3. The van der Waals surface area contributed by atoms with Crippen molar-refractivity contribution in [1.29, 1.82) is 0 Å². The van der Waals surface area contributed by atoms with E-state index in [1.54, 1.807) is 0 Å². The Labute approximate surface area is 99.5 Å². The third-order valence-corrected chi connectivity index (χ3v) is 4.02. The summed E-state index contributed by atoms with van der Waals surface area (Å²) in [5.74, 6) is 0.953. The maximum Gasteiger partial charge on any atom is 0.0554 e. The van der Waals surface area contributed by atoms with E-state index < -0.39 is 0 Å². The van der Waals surface area contributed by atoms with Crippen molar-refractivity contribution >= 4 is 0 Å². The Morgan fingerprint density at radius 2 is 2.00 bits per heavy atom. The molecule has 1 N–H and O–H groups in total. The Balaban J connectivity index is 1.51. The van der Waals surface area contributed by atoms with Gasteiger partial charge in [-0.2, -0.15) is 0 Å². The molecule has 0 unspecified atom stereocenters. The van der Waals surface area contributed by atoms with Crippen LogP contribution in [0.2, 0.25) is 0 Å². The second-order valence-electron chi connectivity index (χ2n) is 6.02. The molecule has 0 radical (unpaired) electrons. The highest BCUT2D eigenvalue weighted by Crippen LogP contribution is 2.25. The van der Waals surface area contributed by atoms with Crippen LogP contribution in [-0.2, 0) is 4.74 Å². The molecule has 0 spiro atoms. The van der Waals surface area contributed by atoms with E-state index in [9.17, 15) is 0 Å². The molecule has 3 nitrogen and oxygen atoms in total. The molecule has 0 bridgehead atoms. The predicted octanol–water partition coefficient (Wildman–Crippen LogP) is 1.34. The lowest BCUT2D eigenvalue weighted by molar-refractivity contribution is -0.0990. The van der Waals surface area contributed by atoms with Crippen LogP contribution >= 0.6 is 0 Å². The van der Waals surface area contributed by atoms with Crippen molar-refractivity contribution < 1.29 is 4.74 Å². The van der Waals surface area contributed by atoms with E-state index in [0.717, 1.165) is 25.7 Å². The van der Waals surface area contributed by atoms with Crippen LogP contribution in [-0.4, -0.2) is 51.3 Å². The second-order valence-corrected chi connectivity index (χ2v) is 6.02. The minimum Gasteiger partial charge on any atom is -0.380 e. The molecule has 94 valence electrons. The number of hydrogen-bond donors (Lipinski definition) is 1. The Morgan fingerprint density at radius 3 is 2.56 bits per heavy atom. The van der Waals surface area contributed by atoms with E-state index >= 15 is 0 Å². The molecule has 2 rings (SSSR count). The van der Waals surface area contributed by atoms with Crippen molar-refractivity contribution in [3.63, 3.8) is 0 Å². The Bertz CT molecular complexity index is 208. The summed E-state index contributed by atoms with van der Waals surface area (Å²) in [4.78, 5) is 2.44. The van der Waals surface area contributed by atoms with Gasteiger partial charge in [0.2, 0.25) is 0 Å². The quantitative estimate of drug-likeness (QED) is 0.716. The van der Waals surface area contributed by atoms with Crippen molar-refractivity contribution in [3.8, 4) is 0 Å². The van der Waals surface area contributed by atoms with Crippen LogP contribution < -0.4 is 5.32 Å². The molecule has 2 fully saturated rings. The highest BCUT2D eigenvalue weighted by atomic mass is 16.5. The van der Waals surface area contributed by atoms with Gasteiger partial charge in [-0.3, -0.25) is 0 Å². The fourth-order valence-electron chi connectivity index (χ4n) is 2.60. The minimum absolute atomic E-state index is 0.423. The molecular formula is C13H26N2O. The lowest BCUT2D eigenvalue weighted by atomic mass is 9.88. The molecule has 2 heterocycles. The molecular weight excluding hydrogens is 200 g/mol. The van der Waals surface area contributed by atoms with Crippen LogP contribution in [0, 0.1) is 11.3 Å². The first-order valence-corrected chi connectivity index (χ1v) is 6.65. The smallest absolute Gasteiger partial charge is 0.0554 e. The number of piperidine rings is 1. The summed E-state index contributed by atoms with van der Waals surface area (Å²) in [6, 6.07) is 0. The van der Waals surface area contributed by atoms with Crippen LogP contribution in [0.1, 0.15) is 26.2 Å². The van der Waals surface area contributed by atoms with Gasteiger partial charge in [-0.25, -0.2) is 0 Å².